The van der Waals surface area contributed by atoms with E-state index in [1.165, 1.54) is 12.1 Å². The third kappa shape index (κ3) is 3.44. The summed E-state index contributed by atoms with van der Waals surface area (Å²) in [6.45, 7) is 2.06. The Hall–Kier alpha value is -3.33. The Morgan fingerprint density at radius 2 is 2.13 bits per heavy atom. The van der Waals surface area contributed by atoms with Gasteiger partial charge in [-0.1, -0.05) is 0 Å². The molecule has 3 heterocycles. The first-order chi connectivity index (χ1) is 14.8. The van der Waals surface area contributed by atoms with E-state index in [1.807, 2.05) is 0 Å². The van der Waals surface area contributed by atoms with Gasteiger partial charge >= 0.3 is 0 Å². The summed E-state index contributed by atoms with van der Waals surface area (Å²) in [4.78, 5) is 25.2. The Balaban J connectivity index is 1.51. The maximum absolute atomic E-state index is 13.7. The monoisotopic (exact) mass is 421 g/mol. The molecular weight excluding hydrogens is 397 g/mol. The summed E-state index contributed by atoms with van der Waals surface area (Å²) in [5, 5.41) is 8.44. The molecule has 8 nitrogen and oxygen atoms in total. The SMILES string of the molecule is Cn1nc(-c2cnc3[nH]cc(C(=O)NC4(C)CCC(N)CC4)c3n2)c2ccc(F)cc21. The van der Waals surface area contributed by atoms with Crippen LogP contribution in [0.25, 0.3) is 33.5 Å². The van der Waals surface area contributed by atoms with Crippen LogP contribution in [0.15, 0.2) is 30.6 Å². The lowest BCUT2D eigenvalue weighted by molar-refractivity contribution is 0.0879. The molecule has 1 aliphatic rings. The number of hydrogen-bond acceptors (Lipinski definition) is 5. The normalized spacial score (nSPS) is 21.6. The fourth-order valence-corrected chi connectivity index (χ4v) is 4.34. The number of amides is 1. The van der Waals surface area contributed by atoms with Gasteiger partial charge in [-0.25, -0.2) is 14.4 Å². The van der Waals surface area contributed by atoms with Gasteiger partial charge in [0.25, 0.3) is 5.91 Å². The maximum Gasteiger partial charge on any atom is 0.255 e. The summed E-state index contributed by atoms with van der Waals surface area (Å²) >= 11 is 0. The Morgan fingerprint density at radius 1 is 1.35 bits per heavy atom. The minimum Gasteiger partial charge on any atom is -0.347 e. The molecule has 1 fully saturated rings. The van der Waals surface area contributed by atoms with Crippen molar-refractivity contribution in [3.8, 4) is 11.4 Å². The number of halogens is 1. The molecule has 1 aliphatic carbocycles. The molecule has 0 saturated heterocycles. The molecule has 0 radical (unpaired) electrons. The molecule has 3 aromatic heterocycles. The number of fused-ring (bicyclic) bond motifs is 2. The maximum atomic E-state index is 13.7. The second kappa shape index (κ2) is 7.12. The summed E-state index contributed by atoms with van der Waals surface area (Å²) in [5.74, 6) is -0.519. The van der Waals surface area contributed by atoms with Crippen molar-refractivity contribution in [1.29, 1.82) is 0 Å². The van der Waals surface area contributed by atoms with E-state index >= 15 is 0 Å². The van der Waals surface area contributed by atoms with E-state index < -0.39 is 0 Å². The van der Waals surface area contributed by atoms with Crippen LogP contribution in [0.4, 0.5) is 4.39 Å². The number of hydrogen-bond donors (Lipinski definition) is 3. The number of aryl methyl sites for hydroxylation is 1. The predicted octanol–water partition coefficient (Wildman–Crippen LogP) is 3.04. The number of benzene rings is 1. The van der Waals surface area contributed by atoms with Crippen molar-refractivity contribution in [2.24, 2.45) is 12.8 Å². The highest BCUT2D eigenvalue weighted by Crippen LogP contribution is 2.30. The first-order valence-electron chi connectivity index (χ1n) is 10.4. The smallest absolute Gasteiger partial charge is 0.255 e. The molecule has 0 atom stereocenters. The van der Waals surface area contributed by atoms with Crippen molar-refractivity contribution >= 4 is 28.0 Å². The number of nitrogens with one attached hydrogen (secondary N) is 2. The van der Waals surface area contributed by atoms with Crippen LogP contribution in [0.2, 0.25) is 0 Å². The number of carbonyl (C=O) groups is 1. The first kappa shape index (κ1) is 19.6. The summed E-state index contributed by atoms with van der Waals surface area (Å²) < 4.78 is 15.3. The van der Waals surface area contributed by atoms with Crippen LogP contribution in [0.1, 0.15) is 43.0 Å². The lowest BCUT2D eigenvalue weighted by Crippen LogP contribution is -2.50. The van der Waals surface area contributed by atoms with Gasteiger partial charge in [0.1, 0.15) is 22.7 Å². The summed E-state index contributed by atoms with van der Waals surface area (Å²) in [6, 6.07) is 4.71. The molecule has 4 aromatic rings. The Kier molecular flexibility index (Phi) is 4.51. The standard InChI is InChI=1S/C22H24FN7O/c1-22(7-5-13(24)6-8-22)28-21(31)15-10-25-20-19(15)27-16(11-26-20)18-14-4-3-12(23)9-17(14)30(2)29-18/h3-4,9-11,13H,5-8,24H2,1-2H3,(H,25,26)(H,28,31). The lowest BCUT2D eigenvalue weighted by atomic mass is 9.81. The van der Waals surface area contributed by atoms with Crippen LogP contribution in [0.5, 0.6) is 0 Å². The number of carbonyl (C=O) groups excluding carboxylic acids is 1. The Morgan fingerprint density at radius 3 is 2.90 bits per heavy atom. The second-order valence-electron chi connectivity index (χ2n) is 8.64. The molecule has 1 aromatic carbocycles. The zero-order valence-corrected chi connectivity index (χ0v) is 17.4. The van der Waals surface area contributed by atoms with E-state index in [0.717, 1.165) is 31.1 Å². The van der Waals surface area contributed by atoms with E-state index in [0.29, 0.717) is 33.6 Å². The average Bonchev–Trinajstić information content (AvgIpc) is 3.31. The van der Waals surface area contributed by atoms with Gasteiger partial charge in [0.2, 0.25) is 0 Å². The molecule has 4 N–H and O–H groups in total. The molecule has 5 rings (SSSR count). The van der Waals surface area contributed by atoms with Gasteiger partial charge in [-0.2, -0.15) is 5.10 Å². The quantitative estimate of drug-likeness (QED) is 0.470. The second-order valence-corrected chi connectivity index (χ2v) is 8.64. The van der Waals surface area contributed by atoms with Crippen molar-refractivity contribution < 1.29 is 9.18 Å². The number of nitrogens with two attached hydrogens (primary N) is 1. The minimum absolute atomic E-state index is 0.191. The van der Waals surface area contributed by atoms with Crippen molar-refractivity contribution in [3.63, 3.8) is 0 Å². The Bertz CT molecular complexity index is 1300. The average molecular weight is 421 g/mol. The van der Waals surface area contributed by atoms with Crippen LogP contribution in [0.3, 0.4) is 0 Å². The molecule has 0 aliphatic heterocycles. The van der Waals surface area contributed by atoms with Gasteiger partial charge in [0.05, 0.1) is 17.3 Å². The first-order valence-corrected chi connectivity index (χ1v) is 10.4. The molecule has 31 heavy (non-hydrogen) atoms. The number of aromatic nitrogens is 5. The molecule has 1 amide bonds. The number of aromatic amines is 1. The zero-order chi connectivity index (χ0) is 21.8. The molecule has 0 spiro atoms. The largest absolute Gasteiger partial charge is 0.347 e. The summed E-state index contributed by atoms with van der Waals surface area (Å²) in [6.07, 6.45) is 6.71. The van der Waals surface area contributed by atoms with E-state index in [4.69, 9.17) is 10.7 Å². The third-order valence-electron chi connectivity index (χ3n) is 6.23. The highest BCUT2D eigenvalue weighted by Gasteiger charge is 2.32. The summed E-state index contributed by atoms with van der Waals surface area (Å²) in [5.41, 5.74) is 8.93. The summed E-state index contributed by atoms with van der Waals surface area (Å²) in [7, 11) is 1.75. The van der Waals surface area contributed by atoms with Crippen LogP contribution in [0, 0.1) is 5.82 Å². The minimum atomic E-state index is -0.328. The van der Waals surface area contributed by atoms with Crippen LogP contribution < -0.4 is 11.1 Å². The third-order valence-corrected chi connectivity index (χ3v) is 6.23. The van der Waals surface area contributed by atoms with Gasteiger partial charge in [-0.15, -0.1) is 0 Å². The van der Waals surface area contributed by atoms with Gasteiger partial charge in [0.15, 0.2) is 5.65 Å². The van der Waals surface area contributed by atoms with Crippen molar-refractivity contribution in [1.82, 2.24) is 30.0 Å². The molecule has 0 unspecified atom stereocenters. The molecular formula is C22H24FN7O. The van der Waals surface area contributed by atoms with E-state index in [1.54, 1.807) is 30.2 Å². The Labute approximate surface area is 178 Å². The van der Waals surface area contributed by atoms with Crippen molar-refractivity contribution in [2.75, 3.05) is 0 Å². The van der Waals surface area contributed by atoms with Gasteiger partial charge < -0.3 is 16.0 Å². The van der Waals surface area contributed by atoms with Crippen molar-refractivity contribution in [3.05, 3.63) is 42.0 Å². The van der Waals surface area contributed by atoms with E-state index in [2.05, 4.69) is 27.3 Å². The fourth-order valence-electron chi connectivity index (χ4n) is 4.34. The number of H-pyrrole nitrogens is 1. The number of nitrogens with zero attached hydrogens (tertiary/aromatic N) is 4. The molecule has 1 saturated carbocycles. The fraction of sp³-hybridized carbons (Fsp3) is 0.364. The lowest BCUT2D eigenvalue weighted by Gasteiger charge is -2.36. The predicted molar refractivity (Wildman–Crippen MR) is 116 cm³/mol. The van der Waals surface area contributed by atoms with E-state index in [9.17, 15) is 9.18 Å². The molecule has 0 bridgehead atoms. The van der Waals surface area contributed by atoms with Crippen LogP contribution in [-0.4, -0.2) is 42.2 Å². The van der Waals surface area contributed by atoms with Crippen molar-refractivity contribution in [2.45, 2.75) is 44.2 Å². The highest BCUT2D eigenvalue weighted by atomic mass is 19.1. The molecule has 160 valence electrons. The van der Waals surface area contributed by atoms with Crippen LogP contribution >= 0.6 is 0 Å². The molecule has 9 heteroatoms. The topological polar surface area (TPSA) is 115 Å². The highest BCUT2D eigenvalue weighted by molar-refractivity contribution is 6.05. The zero-order valence-electron chi connectivity index (χ0n) is 17.4. The number of rotatable bonds is 3. The van der Waals surface area contributed by atoms with Crippen LogP contribution in [-0.2, 0) is 7.05 Å². The van der Waals surface area contributed by atoms with Gasteiger partial charge in [-0.05, 0) is 50.8 Å². The van der Waals surface area contributed by atoms with Gasteiger partial charge in [0, 0.05) is 30.2 Å². The van der Waals surface area contributed by atoms with E-state index in [-0.39, 0.29) is 23.3 Å². The van der Waals surface area contributed by atoms with Gasteiger partial charge in [-0.3, -0.25) is 9.48 Å².